The second kappa shape index (κ2) is 6.55. The summed E-state index contributed by atoms with van der Waals surface area (Å²) < 4.78 is 17.9. The van der Waals surface area contributed by atoms with E-state index in [0.717, 1.165) is 12.1 Å². The Labute approximate surface area is 108 Å². The van der Waals surface area contributed by atoms with E-state index >= 15 is 0 Å². The summed E-state index contributed by atoms with van der Waals surface area (Å²) in [7, 11) is 1.35. The maximum Gasteiger partial charge on any atom is 0.334 e. The van der Waals surface area contributed by atoms with E-state index in [2.05, 4.69) is 10.6 Å². The van der Waals surface area contributed by atoms with Gasteiger partial charge in [0.2, 0.25) is 0 Å². The number of ether oxygens (including phenoxy) is 1. The molecule has 4 N–H and O–H groups in total. The van der Waals surface area contributed by atoms with E-state index in [1.165, 1.54) is 13.2 Å². The van der Waals surface area contributed by atoms with Gasteiger partial charge in [0.05, 0.1) is 13.7 Å². The van der Waals surface area contributed by atoms with Crippen LogP contribution in [0.3, 0.4) is 0 Å². The van der Waals surface area contributed by atoms with Crippen molar-refractivity contribution in [3.8, 4) is 5.75 Å². The zero-order chi connectivity index (χ0) is 14.4. The van der Waals surface area contributed by atoms with Crippen molar-refractivity contribution >= 4 is 17.7 Å². The molecule has 0 heterocycles. The van der Waals surface area contributed by atoms with Crippen molar-refractivity contribution in [2.75, 3.05) is 19.0 Å². The molecule has 104 valence electrons. The molecule has 2 amide bonds. The van der Waals surface area contributed by atoms with Crippen LogP contribution < -0.4 is 15.4 Å². The smallest absolute Gasteiger partial charge is 0.334 e. The number of aliphatic hydroxyl groups is 1. The van der Waals surface area contributed by atoms with Crippen LogP contribution in [0.1, 0.15) is 0 Å². The molecule has 1 aromatic carbocycles. The number of aliphatic hydroxyl groups excluding tert-OH is 1. The molecule has 0 spiro atoms. The fourth-order valence-corrected chi connectivity index (χ4v) is 1.20. The number of anilines is 1. The Morgan fingerprint density at radius 2 is 2.11 bits per heavy atom. The number of rotatable bonds is 5. The lowest BCUT2D eigenvalue weighted by molar-refractivity contribution is -0.146. The minimum Gasteiger partial charge on any atom is -0.497 e. The highest BCUT2D eigenvalue weighted by Gasteiger charge is 2.14. The normalized spacial score (nSPS) is 11.5. The second-order valence-electron chi connectivity index (χ2n) is 3.57. The van der Waals surface area contributed by atoms with Crippen molar-refractivity contribution in [2.45, 2.75) is 6.10 Å². The van der Waals surface area contributed by atoms with E-state index in [-0.39, 0.29) is 11.4 Å². The Hall–Kier alpha value is -2.35. The highest BCUT2D eigenvalue weighted by molar-refractivity contribution is 5.89. The molecule has 0 saturated heterocycles. The predicted molar refractivity (Wildman–Crippen MR) is 63.6 cm³/mol. The Bertz CT molecular complexity index is 480. The van der Waals surface area contributed by atoms with E-state index < -0.39 is 30.5 Å². The highest BCUT2D eigenvalue weighted by Crippen LogP contribution is 2.19. The van der Waals surface area contributed by atoms with Crippen molar-refractivity contribution in [3.63, 3.8) is 0 Å². The summed E-state index contributed by atoms with van der Waals surface area (Å²) in [5.74, 6) is -1.83. The van der Waals surface area contributed by atoms with Crippen molar-refractivity contribution in [2.24, 2.45) is 0 Å². The zero-order valence-corrected chi connectivity index (χ0v) is 10.0. The second-order valence-corrected chi connectivity index (χ2v) is 3.57. The van der Waals surface area contributed by atoms with E-state index in [4.69, 9.17) is 14.9 Å². The van der Waals surface area contributed by atoms with Crippen LogP contribution >= 0.6 is 0 Å². The van der Waals surface area contributed by atoms with Gasteiger partial charge < -0.3 is 25.6 Å². The minimum absolute atomic E-state index is 0.138. The number of carboxylic acid groups (broad SMARTS) is 1. The lowest BCUT2D eigenvalue weighted by Crippen LogP contribution is -2.38. The molecule has 1 atom stereocenters. The van der Waals surface area contributed by atoms with Crippen molar-refractivity contribution < 1.29 is 28.9 Å². The molecule has 0 aliphatic carbocycles. The number of aliphatic carboxylic acids is 1. The van der Waals surface area contributed by atoms with Gasteiger partial charge in [0.15, 0.2) is 6.10 Å². The summed E-state index contributed by atoms with van der Waals surface area (Å²) in [6, 6.07) is 2.82. The van der Waals surface area contributed by atoms with Gasteiger partial charge in [-0.1, -0.05) is 0 Å². The van der Waals surface area contributed by atoms with Crippen LogP contribution in [-0.4, -0.2) is 42.0 Å². The number of methoxy groups -OCH3 is 1. The van der Waals surface area contributed by atoms with Crippen molar-refractivity contribution in [3.05, 3.63) is 24.0 Å². The summed E-state index contributed by atoms with van der Waals surface area (Å²) in [6.45, 7) is -0.465. The molecule has 7 nitrogen and oxygen atoms in total. The van der Waals surface area contributed by atoms with Gasteiger partial charge >= 0.3 is 12.0 Å². The zero-order valence-electron chi connectivity index (χ0n) is 10.0. The molecular weight excluding hydrogens is 259 g/mol. The van der Waals surface area contributed by atoms with Gasteiger partial charge in [-0.2, -0.15) is 0 Å². The van der Waals surface area contributed by atoms with Crippen LogP contribution in [0.15, 0.2) is 18.2 Å². The predicted octanol–water partition coefficient (Wildman–Crippen LogP) is 0.401. The number of hydrogen-bond acceptors (Lipinski definition) is 4. The third kappa shape index (κ3) is 4.80. The third-order valence-electron chi connectivity index (χ3n) is 2.11. The van der Waals surface area contributed by atoms with Gasteiger partial charge in [0.1, 0.15) is 11.6 Å². The number of carboxylic acids is 1. The van der Waals surface area contributed by atoms with Gasteiger partial charge in [0, 0.05) is 17.8 Å². The number of nitrogens with one attached hydrogen (secondary N) is 2. The van der Waals surface area contributed by atoms with E-state index in [1.807, 2.05) is 0 Å². The molecular formula is C11H13FN2O5. The van der Waals surface area contributed by atoms with Gasteiger partial charge in [-0.3, -0.25) is 0 Å². The molecule has 0 aliphatic heterocycles. The van der Waals surface area contributed by atoms with Gasteiger partial charge in [-0.05, 0) is 6.07 Å². The number of urea groups is 1. The first-order chi connectivity index (χ1) is 8.92. The molecule has 1 aromatic rings. The van der Waals surface area contributed by atoms with E-state index in [9.17, 15) is 14.0 Å². The Kier molecular flexibility index (Phi) is 5.07. The quantitative estimate of drug-likeness (QED) is 0.620. The standard InChI is InChI=1S/C11H13FN2O5/c1-19-8-3-6(12)2-7(4-8)14-11(18)13-5-9(15)10(16)17/h2-4,9,15H,5H2,1H3,(H,16,17)(H2,13,14,18)/t9-/m0/s1. The molecule has 0 aliphatic rings. The number of carbonyl (C=O) groups excluding carboxylic acids is 1. The molecule has 0 unspecified atom stereocenters. The molecule has 19 heavy (non-hydrogen) atoms. The average molecular weight is 272 g/mol. The molecule has 0 bridgehead atoms. The van der Waals surface area contributed by atoms with Crippen molar-refractivity contribution in [1.29, 1.82) is 0 Å². The average Bonchev–Trinajstić information content (AvgIpc) is 2.34. The first kappa shape index (κ1) is 14.7. The van der Waals surface area contributed by atoms with Crippen LogP contribution in [0.25, 0.3) is 0 Å². The molecule has 8 heteroatoms. The largest absolute Gasteiger partial charge is 0.497 e. The number of carbonyl (C=O) groups is 2. The first-order valence-electron chi connectivity index (χ1n) is 5.22. The fourth-order valence-electron chi connectivity index (χ4n) is 1.20. The maximum atomic E-state index is 13.1. The third-order valence-corrected chi connectivity index (χ3v) is 2.11. The minimum atomic E-state index is -1.70. The Morgan fingerprint density at radius 1 is 1.42 bits per heavy atom. The van der Waals surface area contributed by atoms with E-state index in [1.54, 1.807) is 0 Å². The number of benzene rings is 1. The maximum absolute atomic E-state index is 13.1. The summed E-state index contributed by atoms with van der Waals surface area (Å²) in [4.78, 5) is 21.7. The monoisotopic (exact) mass is 272 g/mol. The van der Waals surface area contributed by atoms with Crippen molar-refractivity contribution in [1.82, 2.24) is 5.32 Å². The summed E-state index contributed by atoms with van der Waals surface area (Å²) in [6.07, 6.45) is -1.70. The Balaban J connectivity index is 2.57. The molecule has 1 rings (SSSR count). The first-order valence-corrected chi connectivity index (χ1v) is 5.22. The SMILES string of the molecule is COc1cc(F)cc(NC(=O)NC[C@H](O)C(=O)O)c1. The molecule has 0 aromatic heterocycles. The van der Waals surface area contributed by atoms with Crippen LogP contribution in [0.4, 0.5) is 14.9 Å². The van der Waals surface area contributed by atoms with Crippen LogP contribution in [0.5, 0.6) is 5.75 Å². The van der Waals surface area contributed by atoms with E-state index in [0.29, 0.717) is 0 Å². The van der Waals surface area contributed by atoms with Crippen LogP contribution in [0.2, 0.25) is 0 Å². The molecule has 0 radical (unpaired) electrons. The van der Waals surface area contributed by atoms with Gasteiger partial charge in [-0.15, -0.1) is 0 Å². The number of hydrogen-bond donors (Lipinski definition) is 4. The summed E-state index contributed by atoms with van der Waals surface area (Å²) >= 11 is 0. The number of amides is 2. The summed E-state index contributed by atoms with van der Waals surface area (Å²) in [5.41, 5.74) is 0.138. The lowest BCUT2D eigenvalue weighted by Gasteiger charge is -2.10. The van der Waals surface area contributed by atoms with Crippen LogP contribution in [-0.2, 0) is 4.79 Å². The Morgan fingerprint density at radius 3 is 2.68 bits per heavy atom. The van der Waals surface area contributed by atoms with Gasteiger partial charge in [0.25, 0.3) is 0 Å². The molecule has 0 saturated carbocycles. The lowest BCUT2D eigenvalue weighted by atomic mass is 10.3. The highest BCUT2D eigenvalue weighted by atomic mass is 19.1. The fraction of sp³-hybridized carbons (Fsp3) is 0.273. The van der Waals surface area contributed by atoms with Gasteiger partial charge in [-0.25, -0.2) is 14.0 Å². The van der Waals surface area contributed by atoms with Crippen LogP contribution in [0, 0.1) is 5.82 Å². The molecule has 0 fully saturated rings. The topological polar surface area (TPSA) is 108 Å². The summed E-state index contributed by atoms with van der Waals surface area (Å²) in [5, 5.41) is 21.7. The number of halogens is 1.